The Hall–Kier alpha value is -1.10. The van der Waals surface area contributed by atoms with Crippen molar-refractivity contribution in [1.29, 1.82) is 0 Å². The van der Waals surface area contributed by atoms with Gasteiger partial charge in [-0.1, -0.05) is 0 Å². The average molecular weight is 204 g/mol. The van der Waals surface area contributed by atoms with Gasteiger partial charge < -0.3 is 14.6 Å². The highest BCUT2D eigenvalue weighted by Gasteiger charge is 2.03. The molecule has 0 aliphatic heterocycles. The minimum Gasteiger partial charge on any atom is -0.481 e. The molecule has 14 heavy (non-hydrogen) atoms. The molecule has 0 amide bonds. The second kappa shape index (κ2) is 8.50. The topological polar surface area (TPSA) is 72.8 Å². The van der Waals surface area contributed by atoms with Crippen LogP contribution in [0.25, 0.3) is 0 Å². The molecule has 0 rings (SSSR count). The van der Waals surface area contributed by atoms with Crippen LogP contribution in [0.2, 0.25) is 0 Å². The molecule has 0 heterocycles. The van der Waals surface area contributed by atoms with Gasteiger partial charge in [-0.2, -0.15) is 0 Å². The molecule has 0 aromatic carbocycles. The van der Waals surface area contributed by atoms with Crippen LogP contribution in [0.1, 0.15) is 25.7 Å². The highest BCUT2D eigenvalue weighted by atomic mass is 16.6. The van der Waals surface area contributed by atoms with Crippen LogP contribution >= 0.6 is 0 Å². The number of carbonyl (C=O) groups excluding carboxylic acids is 1. The van der Waals surface area contributed by atoms with E-state index in [1.807, 2.05) is 0 Å². The van der Waals surface area contributed by atoms with Crippen LogP contribution in [0, 0.1) is 0 Å². The molecule has 5 nitrogen and oxygen atoms in total. The summed E-state index contributed by atoms with van der Waals surface area (Å²) in [4.78, 5) is 21.1. The van der Waals surface area contributed by atoms with E-state index in [4.69, 9.17) is 14.6 Å². The van der Waals surface area contributed by atoms with Gasteiger partial charge in [-0.3, -0.25) is 9.59 Å². The van der Waals surface area contributed by atoms with E-state index in [2.05, 4.69) is 0 Å². The second-order valence-electron chi connectivity index (χ2n) is 2.81. The first-order valence-electron chi connectivity index (χ1n) is 4.53. The molecule has 0 atom stereocenters. The Balaban J connectivity index is 3.22. The van der Waals surface area contributed by atoms with Gasteiger partial charge in [0.15, 0.2) is 0 Å². The molecule has 0 saturated carbocycles. The molecule has 1 N–H and O–H groups in total. The number of rotatable bonds is 8. The number of ether oxygens (including phenoxy) is 2. The smallest absolute Gasteiger partial charge is 0.305 e. The minimum atomic E-state index is -0.835. The largest absolute Gasteiger partial charge is 0.481 e. The lowest BCUT2D eigenvalue weighted by atomic mass is 10.2. The third-order valence-electron chi connectivity index (χ3n) is 1.57. The van der Waals surface area contributed by atoms with E-state index in [0.717, 1.165) is 0 Å². The van der Waals surface area contributed by atoms with Crippen molar-refractivity contribution in [2.75, 3.05) is 20.3 Å². The quantitative estimate of drug-likeness (QED) is 0.468. The van der Waals surface area contributed by atoms with Crippen molar-refractivity contribution >= 4 is 11.9 Å². The van der Waals surface area contributed by atoms with Crippen molar-refractivity contribution in [3.05, 3.63) is 0 Å². The number of carboxylic acids is 1. The van der Waals surface area contributed by atoms with Crippen molar-refractivity contribution in [2.45, 2.75) is 25.7 Å². The third kappa shape index (κ3) is 8.99. The summed E-state index contributed by atoms with van der Waals surface area (Å²) in [6, 6.07) is 0. The van der Waals surface area contributed by atoms with E-state index in [9.17, 15) is 9.59 Å². The first-order chi connectivity index (χ1) is 6.66. The van der Waals surface area contributed by atoms with Gasteiger partial charge in [0.1, 0.15) is 6.61 Å². The molecular weight excluding hydrogens is 188 g/mol. The minimum absolute atomic E-state index is 0.103. The molecule has 0 aromatic rings. The summed E-state index contributed by atoms with van der Waals surface area (Å²) in [5.41, 5.74) is 0. The molecule has 0 saturated heterocycles. The number of esters is 1. The summed E-state index contributed by atoms with van der Waals surface area (Å²) in [5.74, 6) is -1.13. The summed E-state index contributed by atoms with van der Waals surface area (Å²) in [7, 11) is 1.53. The molecule has 0 spiro atoms. The van der Waals surface area contributed by atoms with Gasteiger partial charge in [-0.15, -0.1) is 0 Å². The van der Waals surface area contributed by atoms with E-state index < -0.39 is 5.97 Å². The summed E-state index contributed by atoms with van der Waals surface area (Å²) in [6.45, 7) is 0.648. The molecule has 82 valence electrons. The Kier molecular flexibility index (Phi) is 7.83. The molecule has 0 radical (unpaired) electrons. The maximum atomic E-state index is 10.9. The van der Waals surface area contributed by atoms with Gasteiger partial charge in [-0.05, 0) is 12.8 Å². The molecule has 0 aliphatic rings. The highest BCUT2D eigenvalue weighted by Crippen LogP contribution is 2.01. The van der Waals surface area contributed by atoms with Crippen LogP contribution in [0.15, 0.2) is 0 Å². The zero-order valence-corrected chi connectivity index (χ0v) is 8.32. The predicted molar refractivity (Wildman–Crippen MR) is 48.9 cm³/mol. The Morgan fingerprint density at radius 1 is 1.14 bits per heavy atom. The van der Waals surface area contributed by atoms with E-state index in [0.29, 0.717) is 19.4 Å². The molecule has 0 bridgehead atoms. The standard InChI is InChI=1S/C9H16O5/c1-13-6-7-14-9(12)5-3-2-4-8(10)11/h2-7H2,1H3,(H,10,11). The predicted octanol–water partition coefficient (Wildman–Crippen LogP) is 0.821. The summed E-state index contributed by atoms with van der Waals surface area (Å²) >= 11 is 0. The van der Waals surface area contributed by atoms with Crippen molar-refractivity contribution in [3.8, 4) is 0 Å². The Bertz CT molecular complexity index is 178. The van der Waals surface area contributed by atoms with E-state index in [1.54, 1.807) is 0 Å². The van der Waals surface area contributed by atoms with Crippen molar-refractivity contribution in [1.82, 2.24) is 0 Å². The average Bonchev–Trinajstić information content (AvgIpc) is 2.13. The van der Waals surface area contributed by atoms with Gasteiger partial charge in [0.2, 0.25) is 0 Å². The van der Waals surface area contributed by atoms with E-state index >= 15 is 0 Å². The SMILES string of the molecule is COCCOC(=O)CCCCC(=O)O. The summed E-state index contributed by atoms with van der Waals surface area (Å²) in [6.07, 6.45) is 1.44. The van der Waals surface area contributed by atoms with Crippen LogP contribution in [-0.4, -0.2) is 37.4 Å². The maximum absolute atomic E-state index is 10.9. The number of methoxy groups -OCH3 is 1. The molecule has 0 unspecified atom stereocenters. The van der Waals surface area contributed by atoms with Crippen LogP contribution in [0.3, 0.4) is 0 Å². The first kappa shape index (κ1) is 12.9. The lowest BCUT2D eigenvalue weighted by Gasteiger charge is -2.02. The zero-order valence-electron chi connectivity index (χ0n) is 8.32. The van der Waals surface area contributed by atoms with Crippen molar-refractivity contribution in [3.63, 3.8) is 0 Å². The normalized spacial score (nSPS) is 9.79. The molecule has 0 fully saturated rings. The maximum Gasteiger partial charge on any atom is 0.305 e. The first-order valence-corrected chi connectivity index (χ1v) is 4.53. The van der Waals surface area contributed by atoms with Crippen molar-refractivity contribution in [2.24, 2.45) is 0 Å². The summed E-state index contributed by atoms with van der Waals surface area (Å²) in [5, 5.41) is 8.32. The van der Waals surface area contributed by atoms with Gasteiger partial charge >= 0.3 is 11.9 Å². The van der Waals surface area contributed by atoms with Crippen LogP contribution in [0.4, 0.5) is 0 Å². The Morgan fingerprint density at radius 2 is 1.79 bits per heavy atom. The number of hydrogen-bond donors (Lipinski definition) is 1. The van der Waals surface area contributed by atoms with Crippen LogP contribution < -0.4 is 0 Å². The van der Waals surface area contributed by atoms with Gasteiger partial charge in [-0.25, -0.2) is 0 Å². The van der Waals surface area contributed by atoms with E-state index in [1.165, 1.54) is 7.11 Å². The number of unbranched alkanes of at least 4 members (excludes halogenated alkanes) is 1. The monoisotopic (exact) mass is 204 g/mol. The zero-order chi connectivity index (χ0) is 10.8. The van der Waals surface area contributed by atoms with Gasteiger partial charge in [0.25, 0.3) is 0 Å². The lowest BCUT2D eigenvalue weighted by Crippen LogP contribution is -2.09. The fourth-order valence-electron chi connectivity index (χ4n) is 0.857. The third-order valence-corrected chi connectivity index (χ3v) is 1.57. The fourth-order valence-corrected chi connectivity index (χ4v) is 0.857. The van der Waals surface area contributed by atoms with E-state index in [-0.39, 0.29) is 25.4 Å². The molecular formula is C9H16O5. The van der Waals surface area contributed by atoms with Gasteiger partial charge in [0.05, 0.1) is 6.61 Å². The second-order valence-corrected chi connectivity index (χ2v) is 2.81. The summed E-state index contributed by atoms with van der Waals surface area (Å²) < 4.78 is 9.47. The van der Waals surface area contributed by atoms with Crippen LogP contribution in [-0.2, 0) is 19.1 Å². The number of aliphatic carboxylic acids is 1. The molecule has 0 aliphatic carbocycles. The number of hydrogen-bond acceptors (Lipinski definition) is 4. The molecule has 0 aromatic heterocycles. The Labute approximate surface area is 83.0 Å². The Morgan fingerprint density at radius 3 is 2.36 bits per heavy atom. The highest BCUT2D eigenvalue weighted by molar-refractivity contribution is 5.69. The van der Waals surface area contributed by atoms with Crippen molar-refractivity contribution < 1.29 is 24.2 Å². The number of carbonyl (C=O) groups is 2. The fraction of sp³-hybridized carbons (Fsp3) is 0.778. The van der Waals surface area contributed by atoms with Crippen LogP contribution in [0.5, 0.6) is 0 Å². The lowest BCUT2D eigenvalue weighted by molar-refractivity contribution is -0.145. The van der Waals surface area contributed by atoms with Gasteiger partial charge in [0, 0.05) is 20.0 Å². The number of carboxylic acid groups (broad SMARTS) is 1. The molecule has 5 heteroatoms.